The zero-order valence-corrected chi connectivity index (χ0v) is 12.4. The molecule has 2 nitrogen and oxygen atoms in total. The second-order valence-electron chi connectivity index (χ2n) is 5.83. The summed E-state index contributed by atoms with van der Waals surface area (Å²) >= 11 is 0. The number of ether oxygens (including phenoxy) is 2. The highest BCUT2D eigenvalue weighted by molar-refractivity contribution is 5.29. The average Bonchev–Trinajstić information content (AvgIpc) is 3.32. The van der Waals surface area contributed by atoms with Crippen LogP contribution in [0.3, 0.4) is 0 Å². The van der Waals surface area contributed by atoms with E-state index in [1.54, 1.807) is 6.07 Å². The van der Waals surface area contributed by atoms with Crippen LogP contribution >= 0.6 is 0 Å². The third kappa shape index (κ3) is 4.18. The lowest BCUT2D eigenvalue weighted by Gasteiger charge is -2.17. The molecule has 5 heteroatoms. The van der Waals surface area contributed by atoms with Crippen LogP contribution in [-0.4, -0.2) is 13.2 Å². The smallest absolute Gasteiger partial charge is 0.416 e. The van der Waals surface area contributed by atoms with E-state index in [2.05, 4.69) is 6.07 Å². The fourth-order valence-electron chi connectivity index (χ4n) is 2.18. The van der Waals surface area contributed by atoms with Crippen molar-refractivity contribution in [2.45, 2.75) is 19.0 Å². The molecule has 0 aromatic heterocycles. The van der Waals surface area contributed by atoms with Gasteiger partial charge in [-0.3, -0.25) is 0 Å². The SMILES string of the molecule is FC(F)(F)c1ccc(OCC2(COc3[c]cccc3)CC2)cc1. The normalized spacial score (nSPS) is 16.0. The lowest BCUT2D eigenvalue weighted by atomic mass is 10.1. The first kappa shape index (κ1) is 15.7. The Balaban J connectivity index is 1.51. The molecule has 1 fully saturated rings. The zero-order chi connectivity index (χ0) is 16.3. The molecule has 0 saturated heterocycles. The van der Waals surface area contributed by atoms with E-state index in [9.17, 15) is 13.2 Å². The van der Waals surface area contributed by atoms with Crippen molar-refractivity contribution in [3.63, 3.8) is 0 Å². The second kappa shape index (κ2) is 6.14. The van der Waals surface area contributed by atoms with Gasteiger partial charge in [-0.25, -0.2) is 0 Å². The predicted molar refractivity (Wildman–Crippen MR) is 79.4 cm³/mol. The van der Waals surface area contributed by atoms with E-state index in [1.807, 2.05) is 18.2 Å². The van der Waals surface area contributed by atoms with Gasteiger partial charge in [0.2, 0.25) is 0 Å². The van der Waals surface area contributed by atoms with Crippen molar-refractivity contribution in [3.05, 3.63) is 60.2 Å². The van der Waals surface area contributed by atoms with Gasteiger partial charge in [0.1, 0.15) is 11.5 Å². The molecule has 1 aliphatic rings. The van der Waals surface area contributed by atoms with E-state index in [-0.39, 0.29) is 5.41 Å². The number of halogens is 3. The predicted octanol–water partition coefficient (Wildman–Crippen LogP) is 4.74. The van der Waals surface area contributed by atoms with Crippen LogP contribution < -0.4 is 9.47 Å². The Hall–Kier alpha value is -2.17. The number of alkyl halides is 3. The monoisotopic (exact) mass is 321 g/mol. The number of hydrogen-bond donors (Lipinski definition) is 0. The molecule has 121 valence electrons. The molecular formula is C18H16F3O2. The van der Waals surface area contributed by atoms with E-state index in [1.165, 1.54) is 12.1 Å². The molecule has 0 bridgehead atoms. The van der Waals surface area contributed by atoms with Crippen LogP contribution in [0.5, 0.6) is 11.5 Å². The molecule has 2 aromatic rings. The van der Waals surface area contributed by atoms with E-state index < -0.39 is 11.7 Å². The lowest BCUT2D eigenvalue weighted by molar-refractivity contribution is -0.137. The molecule has 0 atom stereocenters. The molecule has 2 aromatic carbocycles. The summed E-state index contributed by atoms with van der Waals surface area (Å²) in [6.45, 7) is 0.958. The van der Waals surface area contributed by atoms with Gasteiger partial charge >= 0.3 is 6.18 Å². The van der Waals surface area contributed by atoms with Gasteiger partial charge in [0.15, 0.2) is 0 Å². The minimum atomic E-state index is -4.32. The Kier molecular flexibility index (Phi) is 4.20. The summed E-state index contributed by atoms with van der Waals surface area (Å²) in [6, 6.07) is 15.1. The van der Waals surface area contributed by atoms with Crippen LogP contribution in [0.25, 0.3) is 0 Å². The van der Waals surface area contributed by atoms with E-state index in [4.69, 9.17) is 9.47 Å². The molecule has 1 saturated carbocycles. The summed E-state index contributed by atoms with van der Waals surface area (Å²) in [4.78, 5) is 0. The van der Waals surface area contributed by atoms with Crippen molar-refractivity contribution >= 4 is 0 Å². The molecular weight excluding hydrogens is 305 g/mol. The van der Waals surface area contributed by atoms with Crippen molar-refractivity contribution < 1.29 is 22.6 Å². The Labute approximate surface area is 132 Å². The highest BCUT2D eigenvalue weighted by atomic mass is 19.4. The standard InChI is InChI=1S/C18H16F3O2/c19-18(20,21)14-6-8-16(9-7-14)23-13-17(10-11-17)12-22-15-4-2-1-3-5-15/h1-4,6-9H,10-13H2. The highest BCUT2D eigenvalue weighted by Gasteiger charge is 2.44. The third-order valence-corrected chi connectivity index (χ3v) is 3.90. The van der Waals surface area contributed by atoms with Crippen LogP contribution in [0.4, 0.5) is 13.2 Å². The van der Waals surface area contributed by atoms with Crippen LogP contribution in [-0.2, 0) is 6.18 Å². The highest BCUT2D eigenvalue weighted by Crippen LogP contribution is 2.46. The molecule has 0 N–H and O–H groups in total. The zero-order valence-electron chi connectivity index (χ0n) is 12.4. The van der Waals surface area contributed by atoms with Gasteiger partial charge in [0, 0.05) is 11.5 Å². The largest absolute Gasteiger partial charge is 0.493 e. The lowest BCUT2D eigenvalue weighted by Crippen LogP contribution is -2.21. The maximum Gasteiger partial charge on any atom is 0.416 e. The molecule has 0 heterocycles. The van der Waals surface area contributed by atoms with Gasteiger partial charge in [-0.15, -0.1) is 0 Å². The van der Waals surface area contributed by atoms with Gasteiger partial charge in [0.25, 0.3) is 0 Å². The molecule has 1 radical (unpaired) electrons. The maximum absolute atomic E-state index is 12.5. The molecule has 3 rings (SSSR count). The molecule has 0 unspecified atom stereocenters. The summed E-state index contributed by atoms with van der Waals surface area (Å²) < 4.78 is 48.9. The van der Waals surface area contributed by atoms with E-state index in [0.29, 0.717) is 24.7 Å². The number of benzene rings is 2. The van der Waals surface area contributed by atoms with Crippen molar-refractivity contribution in [3.8, 4) is 11.5 Å². The molecule has 0 aliphatic heterocycles. The van der Waals surface area contributed by atoms with Crippen molar-refractivity contribution in [2.24, 2.45) is 5.41 Å². The van der Waals surface area contributed by atoms with Crippen LogP contribution in [0, 0.1) is 11.5 Å². The second-order valence-corrected chi connectivity index (χ2v) is 5.83. The van der Waals surface area contributed by atoms with Crippen LogP contribution in [0.15, 0.2) is 48.5 Å². The van der Waals surface area contributed by atoms with Crippen molar-refractivity contribution in [1.29, 1.82) is 0 Å². The Bertz CT molecular complexity index is 632. The summed E-state index contributed by atoms with van der Waals surface area (Å²) in [5, 5.41) is 0. The van der Waals surface area contributed by atoms with Gasteiger partial charge in [-0.1, -0.05) is 18.2 Å². The molecule has 23 heavy (non-hydrogen) atoms. The Morgan fingerprint density at radius 2 is 1.65 bits per heavy atom. The number of rotatable bonds is 6. The fraction of sp³-hybridized carbons (Fsp3) is 0.333. The summed E-state index contributed by atoms with van der Waals surface area (Å²) in [6.07, 6.45) is -2.35. The fourth-order valence-corrected chi connectivity index (χ4v) is 2.18. The summed E-state index contributed by atoms with van der Waals surface area (Å²) in [7, 11) is 0. The third-order valence-electron chi connectivity index (χ3n) is 3.90. The van der Waals surface area contributed by atoms with Gasteiger partial charge in [-0.05, 0) is 43.2 Å². The maximum atomic E-state index is 12.5. The van der Waals surface area contributed by atoms with Crippen molar-refractivity contribution in [1.82, 2.24) is 0 Å². The van der Waals surface area contributed by atoms with Gasteiger partial charge in [-0.2, -0.15) is 13.2 Å². The van der Waals surface area contributed by atoms with Crippen LogP contribution in [0.2, 0.25) is 0 Å². The van der Waals surface area contributed by atoms with E-state index in [0.717, 1.165) is 25.0 Å². The molecule has 0 amide bonds. The first-order chi connectivity index (χ1) is 11.0. The minimum absolute atomic E-state index is 0.0492. The Morgan fingerprint density at radius 1 is 0.957 bits per heavy atom. The first-order valence-electron chi connectivity index (χ1n) is 7.37. The van der Waals surface area contributed by atoms with Gasteiger partial charge < -0.3 is 9.47 Å². The number of hydrogen-bond acceptors (Lipinski definition) is 2. The summed E-state index contributed by atoms with van der Waals surface area (Å²) in [5.41, 5.74) is -0.722. The van der Waals surface area contributed by atoms with Crippen molar-refractivity contribution in [2.75, 3.05) is 13.2 Å². The average molecular weight is 321 g/mol. The quantitative estimate of drug-likeness (QED) is 0.765. The molecule has 0 spiro atoms. The Morgan fingerprint density at radius 3 is 2.22 bits per heavy atom. The summed E-state index contributed by atoms with van der Waals surface area (Å²) in [5.74, 6) is 1.13. The number of para-hydroxylation sites is 1. The molecule has 1 aliphatic carbocycles. The minimum Gasteiger partial charge on any atom is -0.493 e. The van der Waals surface area contributed by atoms with Gasteiger partial charge in [0.05, 0.1) is 18.8 Å². The van der Waals surface area contributed by atoms with E-state index >= 15 is 0 Å². The first-order valence-corrected chi connectivity index (χ1v) is 7.37. The topological polar surface area (TPSA) is 18.5 Å². The van der Waals surface area contributed by atoms with Crippen LogP contribution in [0.1, 0.15) is 18.4 Å².